The van der Waals surface area contributed by atoms with Gasteiger partial charge in [0.05, 0.1) is 6.54 Å². The lowest BCUT2D eigenvalue weighted by Crippen LogP contribution is -2.36. The summed E-state index contributed by atoms with van der Waals surface area (Å²) >= 11 is 0. The Bertz CT molecular complexity index is 777. The highest BCUT2D eigenvalue weighted by Crippen LogP contribution is 2.32. The van der Waals surface area contributed by atoms with Crippen LogP contribution in [-0.4, -0.2) is 25.3 Å². The van der Waals surface area contributed by atoms with E-state index >= 15 is 0 Å². The van der Waals surface area contributed by atoms with Crippen LogP contribution in [-0.2, 0) is 11.3 Å². The number of nitrogens with one attached hydrogen (secondary N) is 2. The largest absolute Gasteiger partial charge is 0.336 e. The quantitative estimate of drug-likeness (QED) is 0.859. The van der Waals surface area contributed by atoms with Crippen molar-refractivity contribution in [2.24, 2.45) is 0 Å². The molecule has 0 aliphatic heterocycles. The molecular weight excluding hydrogens is 260 g/mol. The highest BCUT2D eigenvalue weighted by atomic mass is 16.2. The summed E-state index contributed by atoms with van der Waals surface area (Å²) in [6, 6.07) is 0. The Morgan fingerprint density at radius 2 is 2.00 bits per heavy atom. The number of ketones is 1. The van der Waals surface area contributed by atoms with E-state index in [-0.39, 0.29) is 23.5 Å². The molecule has 0 saturated heterocycles. The van der Waals surface area contributed by atoms with Gasteiger partial charge in [0.2, 0.25) is 0 Å². The van der Waals surface area contributed by atoms with Crippen LogP contribution in [0.2, 0.25) is 0 Å². The van der Waals surface area contributed by atoms with Crippen LogP contribution in [0, 0.1) is 0 Å². The second kappa shape index (κ2) is 4.73. The predicted octanol–water partition coefficient (Wildman–Crippen LogP) is 0.659. The minimum absolute atomic E-state index is 0.220. The van der Waals surface area contributed by atoms with E-state index < -0.39 is 11.2 Å². The SMILES string of the molecule is CC(=O)Cn1c(=O)[nH]c2nc(C3CCCC3)[nH]c2c1=O. The molecule has 1 fully saturated rings. The molecule has 0 atom stereocenters. The zero-order valence-corrected chi connectivity index (χ0v) is 11.2. The van der Waals surface area contributed by atoms with Crippen LogP contribution in [0.1, 0.15) is 44.3 Å². The molecule has 0 unspecified atom stereocenters. The fourth-order valence-electron chi connectivity index (χ4n) is 2.79. The number of hydrogen-bond donors (Lipinski definition) is 2. The Morgan fingerprint density at radius 1 is 1.30 bits per heavy atom. The average Bonchev–Trinajstić information content (AvgIpc) is 3.01. The van der Waals surface area contributed by atoms with Gasteiger partial charge in [0.1, 0.15) is 17.1 Å². The fourth-order valence-corrected chi connectivity index (χ4v) is 2.79. The van der Waals surface area contributed by atoms with Crippen molar-refractivity contribution < 1.29 is 4.79 Å². The summed E-state index contributed by atoms with van der Waals surface area (Å²) in [7, 11) is 0. The number of nitrogens with zero attached hydrogens (tertiary/aromatic N) is 2. The summed E-state index contributed by atoms with van der Waals surface area (Å²) in [4.78, 5) is 45.1. The van der Waals surface area contributed by atoms with Crippen LogP contribution in [0.3, 0.4) is 0 Å². The molecule has 7 nitrogen and oxygen atoms in total. The summed E-state index contributed by atoms with van der Waals surface area (Å²) < 4.78 is 0.904. The van der Waals surface area contributed by atoms with Crippen LogP contribution < -0.4 is 11.2 Å². The van der Waals surface area contributed by atoms with Gasteiger partial charge in [-0.15, -0.1) is 0 Å². The number of aromatic nitrogens is 4. The third kappa shape index (κ3) is 2.09. The van der Waals surface area contributed by atoms with Gasteiger partial charge in [-0.2, -0.15) is 0 Å². The summed E-state index contributed by atoms with van der Waals surface area (Å²) in [6.07, 6.45) is 4.41. The van der Waals surface area contributed by atoms with Crippen molar-refractivity contribution in [3.8, 4) is 0 Å². The van der Waals surface area contributed by atoms with E-state index in [2.05, 4.69) is 15.0 Å². The maximum Gasteiger partial charge on any atom is 0.330 e. The van der Waals surface area contributed by atoms with Gasteiger partial charge in [-0.1, -0.05) is 12.8 Å². The van der Waals surface area contributed by atoms with Crippen LogP contribution in [0.15, 0.2) is 9.59 Å². The van der Waals surface area contributed by atoms with E-state index in [1.54, 1.807) is 0 Å². The number of Topliss-reactive ketones (excluding diaryl/α,β-unsaturated/α-hetero) is 1. The first kappa shape index (κ1) is 12.8. The van der Waals surface area contributed by atoms with E-state index in [0.29, 0.717) is 5.92 Å². The Morgan fingerprint density at radius 3 is 2.65 bits per heavy atom. The molecule has 2 aromatic rings. The summed E-state index contributed by atoms with van der Waals surface area (Å²) in [5.74, 6) is 0.838. The number of carbonyl (C=O) groups excluding carboxylic acids is 1. The molecule has 1 aliphatic carbocycles. The molecule has 7 heteroatoms. The van der Waals surface area contributed by atoms with Gasteiger partial charge in [-0.25, -0.2) is 9.78 Å². The van der Waals surface area contributed by atoms with Crippen molar-refractivity contribution in [2.45, 2.75) is 45.1 Å². The van der Waals surface area contributed by atoms with Crippen LogP contribution in [0.4, 0.5) is 0 Å². The standard InChI is InChI=1S/C13H16N4O3/c1-7(18)6-17-12(19)9-11(16-13(17)20)15-10(14-9)8-4-2-3-5-8/h8H,2-6H2,1H3,(H,14,15)(H,16,20). The van der Waals surface area contributed by atoms with Crippen molar-refractivity contribution >= 4 is 16.9 Å². The van der Waals surface area contributed by atoms with Crippen molar-refractivity contribution in [3.63, 3.8) is 0 Å². The van der Waals surface area contributed by atoms with Gasteiger partial charge in [0.15, 0.2) is 5.65 Å². The van der Waals surface area contributed by atoms with Crippen LogP contribution in [0.25, 0.3) is 11.2 Å². The van der Waals surface area contributed by atoms with Gasteiger partial charge >= 0.3 is 5.69 Å². The molecule has 0 aromatic carbocycles. The smallest absolute Gasteiger partial charge is 0.330 e. The summed E-state index contributed by atoms with van der Waals surface area (Å²) in [5, 5.41) is 0. The normalized spacial score (nSPS) is 16.1. The topological polar surface area (TPSA) is 101 Å². The summed E-state index contributed by atoms with van der Waals surface area (Å²) in [5.41, 5.74) is -0.535. The first-order valence-corrected chi connectivity index (χ1v) is 6.78. The maximum absolute atomic E-state index is 12.2. The monoisotopic (exact) mass is 276 g/mol. The van der Waals surface area contributed by atoms with Crippen molar-refractivity contribution in [3.05, 3.63) is 26.7 Å². The molecule has 0 spiro atoms. The molecule has 2 aromatic heterocycles. The number of rotatable bonds is 3. The van der Waals surface area contributed by atoms with E-state index in [0.717, 1.165) is 36.1 Å². The number of carbonyl (C=O) groups is 1. The number of hydrogen-bond acceptors (Lipinski definition) is 4. The Labute approximate surface area is 114 Å². The lowest BCUT2D eigenvalue weighted by molar-refractivity contribution is -0.117. The van der Waals surface area contributed by atoms with Gasteiger partial charge in [0.25, 0.3) is 5.56 Å². The molecule has 2 N–H and O–H groups in total. The Balaban J connectivity index is 2.14. The first-order valence-electron chi connectivity index (χ1n) is 6.78. The van der Waals surface area contributed by atoms with Gasteiger partial charge in [-0.05, 0) is 19.8 Å². The Hall–Kier alpha value is -2.18. The molecular formula is C13H16N4O3. The van der Waals surface area contributed by atoms with Crippen molar-refractivity contribution in [1.29, 1.82) is 0 Å². The molecule has 0 radical (unpaired) electrons. The van der Waals surface area contributed by atoms with Gasteiger partial charge in [-0.3, -0.25) is 19.1 Å². The Kier molecular flexibility index (Phi) is 3.04. The number of aromatic amines is 2. The zero-order valence-electron chi connectivity index (χ0n) is 11.2. The average molecular weight is 276 g/mol. The highest BCUT2D eigenvalue weighted by Gasteiger charge is 2.22. The highest BCUT2D eigenvalue weighted by molar-refractivity contribution is 5.76. The van der Waals surface area contributed by atoms with Crippen molar-refractivity contribution in [1.82, 2.24) is 19.5 Å². The zero-order chi connectivity index (χ0) is 14.3. The summed E-state index contributed by atoms with van der Waals surface area (Å²) in [6.45, 7) is 1.12. The molecule has 106 valence electrons. The molecule has 2 heterocycles. The van der Waals surface area contributed by atoms with E-state index in [9.17, 15) is 14.4 Å². The third-order valence-corrected chi connectivity index (χ3v) is 3.77. The maximum atomic E-state index is 12.2. The third-order valence-electron chi connectivity index (χ3n) is 3.77. The van der Waals surface area contributed by atoms with Crippen molar-refractivity contribution in [2.75, 3.05) is 0 Å². The minimum atomic E-state index is -0.595. The van der Waals surface area contributed by atoms with Gasteiger partial charge < -0.3 is 4.98 Å². The minimum Gasteiger partial charge on any atom is -0.336 e. The number of imidazole rings is 1. The predicted molar refractivity (Wildman–Crippen MR) is 72.9 cm³/mol. The lowest BCUT2D eigenvalue weighted by atomic mass is 10.1. The van der Waals surface area contributed by atoms with Crippen LogP contribution in [0.5, 0.6) is 0 Å². The van der Waals surface area contributed by atoms with Crippen LogP contribution >= 0.6 is 0 Å². The lowest BCUT2D eigenvalue weighted by Gasteiger charge is -2.02. The second-order valence-electron chi connectivity index (χ2n) is 5.35. The molecule has 0 amide bonds. The van der Waals surface area contributed by atoms with E-state index in [1.165, 1.54) is 6.92 Å². The van der Waals surface area contributed by atoms with E-state index in [4.69, 9.17) is 0 Å². The first-order chi connectivity index (χ1) is 9.56. The molecule has 20 heavy (non-hydrogen) atoms. The van der Waals surface area contributed by atoms with Gasteiger partial charge in [0, 0.05) is 5.92 Å². The second-order valence-corrected chi connectivity index (χ2v) is 5.35. The molecule has 0 bridgehead atoms. The number of fused-ring (bicyclic) bond motifs is 1. The molecule has 1 aliphatic rings. The van der Waals surface area contributed by atoms with E-state index in [1.807, 2.05) is 0 Å². The number of H-pyrrole nitrogens is 2. The fraction of sp³-hybridized carbons (Fsp3) is 0.538. The molecule has 3 rings (SSSR count). The molecule has 1 saturated carbocycles.